The maximum absolute atomic E-state index is 11.4. The quantitative estimate of drug-likeness (QED) is 0.492. The summed E-state index contributed by atoms with van der Waals surface area (Å²) in [5.74, 6) is -0.357. The van der Waals surface area contributed by atoms with Gasteiger partial charge >= 0.3 is 0 Å². The molecule has 0 amide bonds. The molecule has 2 aromatic rings. The Kier molecular flexibility index (Phi) is 3.20. The highest BCUT2D eigenvalue weighted by molar-refractivity contribution is 7.71. The van der Waals surface area contributed by atoms with Crippen molar-refractivity contribution in [2.24, 2.45) is 10.2 Å². The summed E-state index contributed by atoms with van der Waals surface area (Å²) in [5, 5.41) is 25.9. The Morgan fingerprint density at radius 3 is 2.33 bits per heavy atom. The molecule has 0 spiro atoms. The van der Waals surface area contributed by atoms with Gasteiger partial charge in [0, 0.05) is 0 Å². The third-order valence-corrected chi connectivity index (χ3v) is 2.22. The second-order valence-corrected chi connectivity index (χ2v) is 3.73. The summed E-state index contributed by atoms with van der Waals surface area (Å²) in [4.78, 5) is 16.1. The lowest BCUT2D eigenvalue weighted by molar-refractivity contribution is 0.451. The molecule has 8 heteroatoms. The SMILES string of the molecule is O=c1[nH]c(=S)[nH]c(O)c1N=Nc1ccc(O)cc1. The number of hydrogen-bond donors (Lipinski definition) is 4. The van der Waals surface area contributed by atoms with E-state index in [-0.39, 0.29) is 16.2 Å². The van der Waals surface area contributed by atoms with Crippen molar-refractivity contribution in [1.82, 2.24) is 9.97 Å². The zero-order chi connectivity index (χ0) is 13.1. The van der Waals surface area contributed by atoms with E-state index in [2.05, 4.69) is 32.4 Å². The summed E-state index contributed by atoms with van der Waals surface area (Å²) in [7, 11) is 0. The molecule has 0 fully saturated rings. The van der Waals surface area contributed by atoms with E-state index in [1.54, 1.807) is 0 Å². The number of nitrogens with one attached hydrogen (secondary N) is 2. The minimum Gasteiger partial charge on any atom is -0.508 e. The van der Waals surface area contributed by atoms with Crippen molar-refractivity contribution >= 4 is 23.6 Å². The van der Waals surface area contributed by atoms with Gasteiger partial charge in [-0.2, -0.15) is 5.11 Å². The number of aromatic amines is 2. The van der Waals surface area contributed by atoms with Gasteiger partial charge < -0.3 is 15.2 Å². The zero-order valence-corrected chi connectivity index (χ0v) is 9.73. The van der Waals surface area contributed by atoms with Gasteiger partial charge in [-0.3, -0.25) is 9.78 Å². The van der Waals surface area contributed by atoms with E-state index in [9.17, 15) is 9.90 Å². The fourth-order valence-electron chi connectivity index (χ4n) is 1.19. The van der Waals surface area contributed by atoms with Crippen LogP contribution in [-0.2, 0) is 0 Å². The zero-order valence-electron chi connectivity index (χ0n) is 8.91. The monoisotopic (exact) mass is 264 g/mol. The van der Waals surface area contributed by atoms with Gasteiger partial charge in [0.2, 0.25) is 11.6 Å². The van der Waals surface area contributed by atoms with Gasteiger partial charge in [-0.1, -0.05) is 0 Å². The molecule has 92 valence electrons. The minimum absolute atomic E-state index is 0.00100. The molecular weight excluding hydrogens is 256 g/mol. The molecule has 4 N–H and O–H groups in total. The van der Waals surface area contributed by atoms with E-state index in [1.165, 1.54) is 24.3 Å². The number of phenols is 1. The molecular formula is C10H8N4O3S. The minimum atomic E-state index is -0.640. The van der Waals surface area contributed by atoms with Gasteiger partial charge in [0.15, 0.2) is 4.77 Å². The highest BCUT2D eigenvalue weighted by Gasteiger charge is 2.05. The van der Waals surface area contributed by atoms with Gasteiger partial charge in [0.25, 0.3) is 5.56 Å². The lowest BCUT2D eigenvalue weighted by atomic mass is 10.3. The van der Waals surface area contributed by atoms with Crippen LogP contribution in [0.1, 0.15) is 0 Å². The van der Waals surface area contributed by atoms with E-state index in [1.807, 2.05) is 0 Å². The van der Waals surface area contributed by atoms with Gasteiger partial charge in [-0.25, -0.2) is 0 Å². The molecule has 0 atom stereocenters. The smallest absolute Gasteiger partial charge is 0.283 e. The second-order valence-electron chi connectivity index (χ2n) is 3.32. The number of phenolic OH excluding ortho intramolecular Hbond substituents is 1. The number of azo groups is 1. The van der Waals surface area contributed by atoms with Gasteiger partial charge in [-0.05, 0) is 36.5 Å². The summed E-state index contributed by atoms with van der Waals surface area (Å²) in [5.41, 5.74) is -0.482. The first-order chi connectivity index (χ1) is 8.56. The van der Waals surface area contributed by atoms with Crippen LogP contribution in [0.3, 0.4) is 0 Å². The van der Waals surface area contributed by atoms with Crippen LogP contribution in [0, 0.1) is 4.77 Å². The van der Waals surface area contributed by atoms with Crippen molar-refractivity contribution in [3.05, 3.63) is 39.4 Å². The normalized spacial score (nSPS) is 10.9. The average molecular weight is 264 g/mol. The third kappa shape index (κ3) is 2.61. The van der Waals surface area contributed by atoms with Crippen molar-refractivity contribution in [2.45, 2.75) is 0 Å². The molecule has 7 nitrogen and oxygen atoms in total. The maximum Gasteiger partial charge on any atom is 0.283 e. The molecule has 0 unspecified atom stereocenters. The van der Waals surface area contributed by atoms with Crippen molar-refractivity contribution in [3.8, 4) is 11.6 Å². The first-order valence-corrected chi connectivity index (χ1v) is 5.23. The van der Waals surface area contributed by atoms with Gasteiger partial charge in [0.1, 0.15) is 5.75 Å². The molecule has 18 heavy (non-hydrogen) atoms. The predicted octanol–water partition coefficient (Wildman–Crippen LogP) is 2.26. The summed E-state index contributed by atoms with van der Waals surface area (Å²) in [6.07, 6.45) is 0. The number of aromatic nitrogens is 2. The third-order valence-electron chi connectivity index (χ3n) is 2.01. The van der Waals surface area contributed by atoms with Crippen LogP contribution in [0.2, 0.25) is 0 Å². The molecule has 2 rings (SSSR count). The Labute approximate surface area is 105 Å². The molecule has 0 bridgehead atoms. The Morgan fingerprint density at radius 2 is 1.72 bits per heavy atom. The number of aromatic hydroxyl groups is 2. The van der Waals surface area contributed by atoms with Crippen LogP contribution in [0.25, 0.3) is 0 Å². The first kappa shape index (κ1) is 12.0. The van der Waals surface area contributed by atoms with Crippen molar-refractivity contribution < 1.29 is 10.2 Å². The highest BCUT2D eigenvalue weighted by atomic mass is 32.1. The lowest BCUT2D eigenvalue weighted by Crippen LogP contribution is -2.06. The Bertz CT molecular complexity index is 702. The molecule has 0 radical (unpaired) electrons. The molecule has 0 saturated heterocycles. The summed E-state index contributed by atoms with van der Waals surface area (Å²) >= 11 is 4.67. The van der Waals surface area contributed by atoms with E-state index in [0.29, 0.717) is 5.69 Å². The van der Waals surface area contributed by atoms with Crippen molar-refractivity contribution in [3.63, 3.8) is 0 Å². The summed E-state index contributed by atoms with van der Waals surface area (Å²) in [6.45, 7) is 0. The average Bonchev–Trinajstić information content (AvgIpc) is 2.30. The summed E-state index contributed by atoms with van der Waals surface area (Å²) < 4.78 is 0.00100. The standard InChI is InChI=1S/C10H8N4O3S/c15-6-3-1-5(2-4-6)13-14-7-8(16)11-10(18)12-9(7)17/h1-4,15H,(H3,11,12,16,17,18). The van der Waals surface area contributed by atoms with Crippen LogP contribution < -0.4 is 5.56 Å². The number of hydrogen-bond acceptors (Lipinski definition) is 6. The summed E-state index contributed by atoms with van der Waals surface area (Å²) in [6, 6.07) is 5.87. The molecule has 0 aliphatic carbocycles. The van der Waals surface area contributed by atoms with Crippen LogP contribution >= 0.6 is 12.2 Å². The van der Waals surface area contributed by atoms with E-state index in [0.717, 1.165) is 0 Å². The van der Waals surface area contributed by atoms with E-state index < -0.39 is 11.4 Å². The Balaban J connectivity index is 2.38. The highest BCUT2D eigenvalue weighted by Crippen LogP contribution is 2.22. The van der Waals surface area contributed by atoms with Gasteiger partial charge in [0.05, 0.1) is 5.69 Å². The van der Waals surface area contributed by atoms with Crippen LogP contribution in [0.15, 0.2) is 39.3 Å². The Hall–Kier alpha value is -2.48. The number of rotatable bonds is 2. The fourth-order valence-corrected chi connectivity index (χ4v) is 1.38. The van der Waals surface area contributed by atoms with E-state index in [4.69, 9.17) is 5.11 Å². The molecule has 0 saturated carbocycles. The van der Waals surface area contributed by atoms with Crippen LogP contribution in [-0.4, -0.2) is 20.2 Å². The first-order valence-electron chi connectivity index (χ1n) is 4.82. The topological polar surface area (TPSA) is 114 Å². The largest absolute Gasteiger partial charge is 0.508 e. The number of benzene rings is 1. The predicted molar refractivity (Wildman–Crippen MR) is 66.2 cm³/mol. The molecule has 0 aliphatic rings. The number of nitrogens with zero attached hydrogens (tertiary/aromatic N) is 2. The molecule has 1 heterocycles. The lowest BCUT2D eigenvalue weighted by Gasteiger charge is -1.96. The second kappa shape index (κ2) is 4.80. The molecule has 1 aromatic carbocycles. The maximum atomic E-state index is 11.4. The van der Waals surface area contributed by atoms with Crippen LogP contribution in [0.4, 0.5) is 11.4 Å². The van der Waals surface area contributed by atoms with Gasteiger partial charge in [-0.15, -0.1) is 5.11 Å². The van der Waals surface area contributed by atoms with Crippen molar-refractivity contribution in [1.29, 1.82) is 0 Å². The van der Waals surface area contributed by atoms with E-state index >= 15 is 0 Å². The van der Waals surface area contributed by atoms with Crippen LogP contribution in [0.5, 0.6) is 11.6 Å². The Morgan fingerprint density at radius 1 is 1.06 bits per heavy atom. The number of H-pyrrole nitrogens is 2. The molecule has 0 aliphatic heterocycles. The fraction of sp³-hybridized carbons (Fsp3) is 0. The van der Waals surface area contributed by atoms with Crippen molar-refractivity contribution in [2.75, 3.05) is 0 Å². The molecule has 1 aromatic heterocycles.